The van der Waals surface area contributed by atoms with Crippen LogP contribution in [0.4, 0.5) is 4.79 Å². The highest BCUT2D eigenvalue weighted by atomic mass is 31.2. The molecule has 274 valence electrons. The maximum Gasteiger partial charge on any atom is 0.540 e. The third-order valence-corrected chi connectivity index (χ3v) is 9.99. The molecule has 3 amide bonds. The van der Waals surface area contributed by atoms with E-state index in [1.165, 1.54) is 18.6 Å². The summed E-state index contributed by atoms with van der Waals surface area (Å²) in [7, 11) is -6.51. The number of nitrogens with one attached hydrogen (secondary N) is 3. The first-order valence-corrected chi connectivity index (χ1v) is 19.3. The van der Waals surface area contributed by atoms with Crippen molar-refractivity contribution in [3.8, 4) is 0 Å². The topological polar surface area (TPSA) is 222 Å². The molecular formula is C31H48BN6O10P2+. The Balaban J connectivity index is 1.52. The third-order valence-electron chi connectivity index (χ3n) is 7.66. The van der Waals surface area contributed by atoms with Gasteiger partial charge in [0.15, 0.2) is 0 Å². The van der Waals surface area contributed by atoms with E-state index in [-0.39, 0.29) is 30.5 Å². The van der Waals surface area contributed by atoms with Gasteiger partial charge in [-0.2, -0.15) is 4.89 Å². The number of carbonyl (C=O) groups excluding carboxylic acids is 3. The van der Waals surface area contributed by atoms with Gasteiger partial charge < -0.3 is 39.4 Å². The van der Waals surface area contributed by atoms with Crippen molar-refractivity contribution in [1.29, 1.82) is 0 Å². The Kier molecular flexibility index (Phi) is 18.7. The lowest BCUT2D eigenvalue weighted by molar-refractivity contribution is -0.123. The first kappa shape index (κ1) is 41.3. The normalized spacial score (nSPS) is 16.6. The predicted molar refractivity (Wildman–Crippen MR) is 187 cm³/mol. The van der Waals surface area contributed by atoms with Crippen molar-refractivity contribution in [1.82, 2.24) is 30.8 Å². The number of rotatable bonds is 17. The van der Waals surface area contributed by atoms with Crippen LogP contribution in [0.1, 0.15) is 62.0 Å². The molecule has 50 heavy (non-hydrogen) atoms. The SMILES string of the molecule is CC(C)C[C@@H](NC(=O)[C@@H](Cc1ccccc1)NC(=O)c1cnccn1)B1OCCCN(CCCCOC(=O)NC(P(O)O)[P+](=O)O)CCCO1. The molecule has 1 aromatic carbocycles. The van der Waals surface area contributed by atoms with Crippen LogP contribution in [0.2, 0.25) is 0 Å². The molecule has 3 rings (SSSR count). The Morgan fingerprint density at radius 3 is 2.34 bits per heavy atom. The molecule has 4 atom stereocenters. The molecule has 1 aliphatic heterocycles. The van der Waals surface area contributed by atoms with E-state index in [2.05, 4.69) is 39.3 Å². The quantitative estimate of drug-likeness (QED) is 0.0781. The van der Waals surface area contributed by atoms with Gasteiger partial charge >= 0.3 is 26.8 Å². The Bertz CT molecular complexity index is 1330. The van der Waals surface area contributed by atoms with E-state index in [0.717, 1.165) is 44.5 Å². The highest BCUT2D eigenvalue weighted by Gasteiger charge is 2.39. The first-order valence-electron chi connectivity index (χ1n) is 16.7. The van der Waals surface area contributed by atoms with Crippen molar-refractivity contribution in [2.45, 2.75) is 69.9 Å². The molecule has 0 bridgehead atoms. The molecule has 0 radical (unpaired) electrons. The number of carbonyl (C=O) groups is 3. The summed E-state index contributed by atoms with van der Waals surface area (Å²) in [4.78, 5) is 76.3. The van der Waals surface area contributed by atoms with Gasteiger partial charge in [0.1, 0.15) is 11.7 Å². The van der Waals surface area contributed by atoms with E-state index >= 15 is 0 Å². The van der Waals surface area contributed by atoms with Crippen LogP contribution in [0.25, 0.3) is 0 Å². The van der Waals surface area contributed by atoms with Crippen LogP contribution in [0.3, 0.4) is 0 Å². The van der Waals surface area contributed by atoms with Crippen molar-refractivity contribution in [2.24, 2.45) is 5.92 Å². The molecule has 16 nitrogen and oxygen atoms in total. The average molecular weight is 738 g/mol. The van der Waals surface area contributed by atoms with Crippen molar-refractivity contribution < 1.29 is 47.7 Å². The second kappa shape index (κ2) is 22.6. The summed E-state index contributed by atoms with van der Waals surface area (Å²) >= 11 is 0. The number of amides is 3. The van der Waals surface area contributed by atoms with Crippen molar-refractivity contribution >= 4 is 41.4 Å². The Labute approximate surface area is 295 Å². The van der Waals surface area contributed by atoms with E-state index in [4.69, 9.17) is 28.7 Å². The van der Waals surface area contributed by atoms with Crippen LogP contribution in [-0.4, -0.2) is 112 Å². The van der Waals surface area contributed by atoms with Crippen molar-refractivity contribution in [2.75, 3.05) is 39.5 Å². The van der Waals surface area contributed by atoms with Crippen LogP contribution in [0, 0.1) is 5.92 Å². The molecule has 0 saturated carbocycles. The fourth-order valence-electron chi connectivity index (χ4n) is 5.28. The highest BCUT2D eigenvalue weighted by Crippen LogP contribution is 2.42. The molecule has 6 N–H and O–H groups in total. The van der Waals surface area contributed by atoms with Gasteiger partial charge in [0.2, 0.25) is 14.3 Å². The summed E-state index contributed by atoms with van der Waals surface area (Å²) in [6, 6.07) is 8.56. The van der Waals surface area contributed by atoms with Gasteiger partial charge in [-0.15, -0.1) is 0 Å². The summed E-state index contributed by atoms with van der Waals surface area (Å²) < 4.78 is 28.5. The number of aromatic nitrogens is 2. The number of nitrogens with zero attached hydrogens (tertiary/aromatic N) is 3. The van der Waals surface area contributed by atoms with E-state index < -0.39 is 53.0 Å². The van der Waals surface area contributed by atoms with E-state index in [1.807, 2.05) is 35.6 Å². The number of hydrogen-bond acceptors (Lipinski definition) is 12. The van der Waals surface area contributed by atoms with E-state index in [0.29, 0.717) is 26.1 Å². The van der Waals surface area contributed by atoms with Gasteiger partial charge in [-0.25, -0.2) is 9.78 Å². The Morgan fingerprint density at radius 1 is 1.04 bits per heavy atom. The van der Waals surface area contributed by atoms with Crippen LogP contribution < -0.4 is 16.0 Å². The second-order valence-corrected chi connectivity index (χ2v) is 14.9. The molecule has 19 heteroatoms. The largest absolute Gasteiger partial charge is 0.540 e. The van der Waals surface area contributed by atoms with Crippen LogP contribution in [-0.2, 0) is 29.8 Å². The summed E-state index contributed by atoms with van der Waals surface area (Å²) in [6.45, 7) is 7.26. The maximum absolute atomic E-state index is 13.8. The zero-order chi connectivity index (χ0) is 36.3. The minimum absolute atomic E-state index is 0.0660. The number of benzene rings is 1. The molecular weight excluding hydrogens is 689 g/mol. The minimum Gasteiger partial charge on any atom is -0.449 e. The summed E-state index contributed by atoms with van der Waals surface area (Å²) in [5.41, 5.74) is -0.669. The number of unbranched alkanes of at least 4 members (excludes halogenated alkanes) is 1. The van der Waals surface area contributed by atoms with Gasteiger partial charge in [0.05, 0.1) is 18.7 Å². The maximum atomic E-state index is 13.8. The number of hydrogen-bond donors (Lipinski definition) is 6. The Hall–Kier alpha value is -3.14. The van der Waals surface area contributed by atoms with Crippen LogP contribution in [0.5, 0.6) is 0 Å². The van der Waals surface area contributed by atoms with Crippen LogP contribution >= 0.6 is 16.4 Å². The summed E-state index contributed by atoms with van der Waals surface area (Å²) in [5.74, 6) is -1.10. The lowest BCUT2D eigenvalue weighted by atomic mass is 9.73. The highest BCUT2D eigenvalue weighted by molar-refractivity contribution is 7.61. The summed E-state index contributed by atoms with van der Waals surface area (Å²) in [6.07, 6.45) is 6.83. The molecule has 0 aliphatic carbocycles. The zero-order valence-electron chi connectivity index (χ0n) is 28.4. The first-order chi connectivity index (χ1) is 24.0. The van der Waals surface area contributed by atoms with Gasteiger partial charge in [0, 0.05) is 45.1 Å². The smallest absolute Gasteiger partial charge is 0.449 e. The average Bonchev–Trinajstić information content (AvgIpc) is 3.09. The fraction of sp³-hybridized carbons (Fsp3) is 0.581. The standard InChI is InChI=1S/C31H47BN6O10P2/c1-23(2)20-27(36-28(39)25(21-24-10-4-3-5-11-24)35-29(40)26-22-33-12-13-34-26)32-47-18-8-15-38(16-9-19-48-32)14-6-7-17-46-30(41)37-31(49(42)43)50(44)45/h3-5,10-13,22-23,25,27,31,42-43H,6-9,14-21H2,1-2H3,(H3-,35,36,37,39,40,41,44,45)/p+1/t25-,27-,31?/m1/s1. The van der Waals surface area contributed by atoms with Gasteiger partial charge in [0.25, 0.3) is 5.91 Å². The Morgan fingerprint density at radius 2 is 1.74 bits per heavy atom. The third kappa shape index (κ3) is 15.4. The van der Waals surface area contributed by atoms with Gasteiger partial charge in [-0.05, 0) is 54.7 Å². The zero-order valence-corrected chi connectivity index (χ0v) is 30.2. The summed E-state index contributed by atoms with van der Waals surface area (Å²) in [5, 5.41) is 7.94. The fourth-order valence-corrected chi connectivity index (χ4v) is 6.42. The molecule has 2 unspecified atom stereocenters. The van der Waals surface area contributed by atoms with E-state index in [1.54, 1.807) is 0 Å². The molecule has 0 spiro atoms. The molecule has 1 aromatic heterocycles. The molecule has 2 aromatic rings. The predicted octanol–water partition coefficient (Wildman–Crippen LogP) is 2.33. The molecule has 1 saturated heterocycles. The lowest BCUT2D eigenvalue weighted by Gasteiger charge is -2.30. The monoisotopic (exact) mass is 737 g/mol. The molecule has 1 fully saturated rings. The van der Waals surface area contributed by atoms with Crippen molar-refractivity contribution in [3.63, 3.8) is 0 Å². The van der Waals surface area contributed by atoms with Gasteiger partial charge in [-0.1, -0.05) is 44.2 Å². The van der Waals surface area contributed by atoms with E-state index in [9.17, 15) is 18.9 Å². The lowest BCUT2D eigenvalue weighted by Crippen LogP contribution is -2.56. The van der Waals surface area contributed by atoms with Gasteiger partial charge in [-0.3, -0.25) is 19.9 Å². The number of alkyl carbamates (subject to hydrolysis) is 1. The second-order valence-electron chi connectivity index (χ2n) is 12.2. The minimum atomic E-state index is -3.01. The molecule has 2 heterocycles. The van der Waals surface area contributed by atoms with Crippen molar-refractivity contribution in [3.05, 3.63) is 60.2 Å². The molecule has 1 aliphatic rings. The van der Waals surface area contributed by atoms with Crippen LogP contribution in [0.15, 0.2) is 48.9 Å². The number of ether oxygens (including phenoxy) is 1.